The maximum absolute atomic E-state index is 13.9. The third-order valence-corrected chi connectivity index (χ3v) is 4.60. The summed E-state index contributed by atoms with van der Waals surface area (Å²) in [7, 11) is 0. The molecule has 1 saturated carbocycles. The van der Waals surface area contributed by atoms with E-state index in [-0.39, 0.29) is 17.1 Å². The number of hydrogen-bond acceptors (Lipinski definition) is 2. The van der Waals surface area contributed by atoms with Gasteiger partial charge in [0.2, 0.25) is 0 Å². The Labute approximate surface area is 126 Å². The largest absolute Gasteiger partial charge is 0.382 e. The van der Waals surface area contributed by atoms with Gasteiger partial charge < -0.3 is 10.6 Å². The fourth-order valence-corrected chi connectivity index (χ4v) is 2.84. The minimum absolute atomic E-state index is 0.187. The molecule has 2 rings (SSSR count). The summed E-state index contributed by atoms with van der Waals surface area (Å²) in [5.74, 6) is -0.558. The Balaban J connectivity index is 2.06. The number of rotatable bonds is 7. The molecule has 0 atom stereocenters. The lowest BCUT2D eigenvalue weighted by Gasteiger charge is -2.41. The summed E-state index contributed by atoms with van der Waals surface area (Å²) in [5.41, 5.74) is 0.977. The minimum atomic E-state index is -0.370. The molecule has 0 aliphatic heterocycles. The van der Waals surface area contributed by atoms with Crippen LogP contribution in [0.1, 0.15) is 56.3 Å². The van der Waals surface area contributed by atoms with Crippen molar-refractivity contribution in [3.05, 3.63) is 29.6 Å². The quantitative estimate of drug-likeness (QED) is 0.798. The Morgan fingerprint density at radius 1 is 1.33 bits per heavy atom. The van der Waals surface area contributed by atoms with Crippen molar-refractivity contribution in [2.45, 2.75) is 46.0 Å². The van der Waals surface area contributed by atoms with Crippen LogP contribution in [-0.4, -0.2) is 19.0 Å². The molecule has 1 aliphatic rings. The zero-order chi connectivity index (χ0) is 15.3. The second-order valence-corrected chi connectivity index (χ2v) is 5.98. The lowest BCUT2D eigenvalue weighted by Crippen LogP contribution is -2.41. The monoisotopic (exact) mass is 292 g/mol. The van der Waals surface area contributed by atoms with Gasteiger partial charge in [0.05, 0.1) is 11.3 Å². The average Bonchev–Trinajstić information content (AvgIpc) is 2.45. The summed E-state index contributed by atoms with van der Waals surface area (Å²) >= 11 is 0. The molecule has 0 unspecified atom stereocenters. The smallest absolute Gasteiger partial charge is 0.253 e. The van der Waals surface area contributed by atoms with E-state index in [4.69, 9.17) is 0 Å². The zero-order valence-corrected chi connectivity index (χ0v) is 13.0. The maximum atomic E-state index is 13.9. The summed E-state index contributed by atoms with van der Waals surface area (Å²) in [6, 6.07) is 4.64. The van der Waals surface area contributed by atoms with Crippen LogP contribution in [0, 0.1) is 11.2 Å². The Bertz CT molecular complexity index is 492. The number of carbonyl (C=O) groups excluding carboxylic acids is 1. The molecule has 0 aromatic heterocycles. The van der Waals surface area contributed by atoms with Gasteiger partial charge in [-0.1, -0.05) is 26.3 Å². The summed E-state index contributed by atoms with van der Waals surface area (Å²) in [6.07, 6.45) is 5.56. The third kappa shape index (κ3) is 3.55. The Morgan fingerprint density at radius 3 is 2.67 bits per heavy atom. The van der Waals surface area contributed by atoms with E-state index in [1.54, 1.807) is 12.1 Å². The van der Waals surface area contributed by atoms with Crippen molar-refractivity contribution in [1.29, 1.82) is 0 Å². The summed E-state index contributed by atoms with van der Waals surface area (Å²) in [5, 5.41) is 6.01. The highest BCUT2D eigenvalue weighted by molar-refractivity contribution is 5.99. The fourth-order valence-electron chi connectivity index (χ4n) is 2.84. The number of anilines is 1. The molecule has 116 valence electrons. The molecule has 0 radical (unpaired) electrons. The third-order valence-electron chi connectivity index (χ3n) is 4.60. The Kier molecular flexibility index (Phi) is 5.21. The van der Waals surface area contributed by atoms with Gasteiger partial charge in [-0.25, -0.2) is 4.39 Å². The number of nitrogens with one attached hydrogen (secondary N) is 2. The molecule has 0 spiro atoms. The van der Waals surface area contributed by atoms with Crippen LogP contribution >= 0.6 is 0 Å². The second kappa shape index (κ2) is 6.92. The van der Waals surface area contributed by atoms with E-state index in [2.05, 4.69) is 17.6 Å². The molecule has 1 amide bonds. The molecule has 3 nitrogen and oxygen atoms in total. The van der Waals surface area contributed by atoms with Gasteiger partial charge in [0.1, 0.15) is 5.82 Å². The van der Waals surface area contributed by atoms with Gasteiger partial charge in [0.25, 0.3) is 5.91 Å². The van der Waals surface area contributed by atoms with Crippen LogP contribution in [0.25, 0.3) is 0 Å². The van der Waals surface area contributed by atoms with Gasteiger partial charge in [-0.05, 0) is 43.2 Å². The van der Waals surface area contributed by atoms with E-state index in [1.807, 2.05) is 6.92 Å². The molecule has 1 fully saturated rings. The fraction of sp³-hybridized carbons (Fsp3) is 0.588. The number of halogens is 1. The predicted octanol–water partition coefficient (Wildman–Crippen LogP) is 3.96. The minimum Gasteiger partial charge on any atom is -0.382 e. The molecule has 2 N–H and O–H groups in total. The lowest BCUT2D eigenvalue weighted by atomic mass is 9.67. The molecule has 1 aliphatic carbocycles. The molecule has 4 heteroatoms. The number of hydrogen-bond donors (Lipinski definition) is 2. The van der Waals surface area contributed by atoms with Crippen molar-refractivity contribution in [2.75, 3.05) is 18.4 Å². The van der Waals surface area contributed by atoms with E-state index < -0.39 is 0 Å². The van der Waals surface area contributed by atoms with Gasteiger partial charge in [-0.2, -0.15) is 0 Å². The molecule has 21 heavy (non-hydrogen) atoms. The number of benzene rings is 1. The average molecular weight is 292 g/mol. The Hall–Kier alpha value is -1.58. The van der Waals surface area contributed by atoms with E-state index in [9.17, 15) is 9.18 Å². The van der Waals surface area contributed by atoms with E-state index in [0.29, 0.717) is 24.3 Å². The van der Waals surface area contributed by atoms with Gasteiger partial charge in [-0.15, -0.1) is 0 Å². The number of para-hydroxylation sites is 1. The highest BCUT2D eigenvalue weighted by Gasteiger charge is 2.35. The Morgan fingerprint density at radius 2 is 2.10 bits per heavy atom. The summed E-state index contributed by atoms with van der Waals surface area (Å²) < 4.78 is 13.9. The van der Waals surface area contributed by atoms with E-state index in [1.165, 1.54) is 25.3 Å². The van der Waals surface area contributed by atoms with Crippen LogP contribution < -0.4 is 10.6 Å². The van der Waals surface area contributed by atoms with Crippen molar-refractivity contribution in [3.8, 4) is 0 Å². The molecule has 0 saturated heterocycles. The normalized spacial score (nSPS) is 16.1. The van der Waals surface area contributed by atoms with Gasteiger partial charge >= 0.3 is 0 Å². The predicted molar refractivity (Wildman–Crippen MR) is 84.1 cm³/mol. The molecular weight excluding hydrogens is 267 g/mol. The molecule has 0 heterocycles. The van der Waals surface area contributed by atoms with Crippen molar-refractivity contribution in [1.82, 2.24) is 5.32 Å². The molecule has 1 aromatic carbocycles. The zero-order valence-electron chi connectivity index (χ0n) is 13.0. The van der Waals surface area contributed by atoms with Gasteiger partial charge in [0, 0.05) is 13.1 Å². The number of carbonyl (C=O) groups is 1. The van der Waals surface area contributed by atoms with E-state index >= 15 is 0 Å². The topological polar surface area (TPSA) is 41.1 Å². The SMILES string of the molecule is CCCNc1c(F)cccc1C(=O)NCC1(CC)CCC1. The summed E-state index contributed by atoms with van der Waals surface area (Å²) in [6.45, 7) is 5.52. The molecular formula is C17H25FN2O. The summed E-state index contributed by atoms with van der Waals surface area (Å²) in [4.78, 5) is 12.4. The standard InChI is InChI=1S/C17H25FN2O/c1-3-11-19-15-13(7-5-8-14(15)18)16(21)20-12-17(4-2)9-6-10-17/h5,7-8,19H,3-4,6,9-12H2,1-2H3,(H,20,21). The van der Waals surface area contributed by atoms with Gasteiger partial charge in [-0.3, -0.25) is 4.79 Å². The van der Waals surface area contributed by atoms with Crippen LogP contribution in [0.4, 0.5) is 10.1 Å². The van der Waals surface area contributed by atoms with E-state index in [0.717, 1.165) is 12.8 Å². The highest BCUT2D eigenvalue weighted by atomic mass is 19.1. The maximum Gasteiger partial charge on any atom is 0.253 e. The van der Waals surface area contributed by atoms with Gasteiger partial charge in [0.15, 0.2) is 0 Å². The van der Waals surface area contributed by atoms with Crippen LogP contribution in [0.5, 0.6) is 0 Å². The first-order chi connectivity index (χ1) is 10.1. The second-order valence-electron chi connectivity index (χ2n) is 5.98. The number of amides is 1. The first kappa shape index (κ1) is 15.8. The lowest BCUT2D eigenvalue weighted by molar-refractivity contribution is 0.0850. The van der Waals surface area contributed by atoms with Crippen molar-refractivity contribution >= 4 is 11.6 Å². The molecule has 0 bridgehead atoms. The molecule has 1 aromatic rings. The first-order valence-corrected chi connectivity index (χ1v) is 7.92. The van der Waals surface area contributed by atoms with Crippen LogP contribution in [0.15, 0.2) is 18.2 Å². The van der Waals surface area contributed by atoms with Crippen molar-refractivity contribution in [3.63, 3.8) is 0 Å². The van der Waals surface area contributed by atoms with Crippen molar-refractivity contribution < 1.29 is 9.18 Å². The highest BCUT2D eigenvalue weighted by Crippen LogP contribution is 2.43. The van der Waals surface area contributed by atoms with Crippen LogP contribution in [-0.2, 0) is 0 Å². The van der Waals surface area contributed by atoms with Crippen LogP contribution in [0.3, 0.4) is 0 Å². The van der Waals surface area contributed by atoms with Crippen LogP contribution in [0.2, 0.25) is 0 Å². The van der Waals surface area contributed by atoms with Crippen molar-refractivity contribution in [2.24, 2.45) is 5.41 Å². The first-order valence-electron chi connectivity index (χ1n) is 7.92.